The van der Waals surface area contributed by atoms with E-state index in [9.17, 15) is 10.1 Å². The summed E-state index contributed by atoms with van der Waals surface area (Å²) < 4.78 is 7.38. The van der Waals surface area contributed by atoms with Gasteiger partial charge in [-0.3, -0.25) is 4.79 Å². The number of pyridine rings is 2. The van der Waals surface area contributed by atoms with Gasteiger partial charge in [-0.15, -0.1) is 0 Å². The average Bonchev–Trinajstić information content (AvgIpc) is 3.57. The Morgan fingerprint density at radius 3 is 2.66 bits per heavy atom. The minimum Gasteiger partial charge on any atom is -0.492 e. The SMILES string of the molecule is CCOc1cc(-c2ccc(N3CCN(C(=O)C#CC4CCCC4)CC3)nc2)c2c(C#N)cnn2c1. The van der Waals surface area contributed by atoms with E-state index in [1.807, 2.05) is 36.2 Å². The average molecular weight is 469 g/mol. The van der Waals surface area contributed by atoms with Crippen molar-refractivity contribution < 1.29 is 9.53 Å². The molecule has 0 atom stereocenters. The molecule has 1 amide bonds. The first-order valence-corrected chi connectivity index (χ1v) is 12.2. The molecule has 0 unspecified atom stereocenters. The van der Waals surface area contributed by atoms with Crippen LogP contribution in [0.15, 0.2) is 36.8 Å². The summed E-state index contributed by atoms with van der Waals surface area (Å²) in [6, 6.07) is 8.13. The highest BCUT2D eigenvalue weighted by Gasteiger charge is 2.22. The van der Waals surface area contributed by atoms with Crippen LogP contribution in [-0.4, -0.2) is 58.2 Å². The molecule has 0 aromatic carbocycles. The molecule has 1 saturated heterocycles. The van der Waals surface area contributed by atoms with Crippen LogP contribution >= 0.6 is 0 Å². The molecular weight excluding hydrogens is 440 g/mol. The van der Waals surface area contributed by atoms with Crippen molar-refractivity contribution in [3.63, 3.8) is 0 Å². The van der Waals surface area contributed by atoms with E-state index >= 15 is 0 Å². The molecule has 2 aliphatic rings. The lowest BCUT2D eigenvalue weighted by atomic mass is 10.1. The number of nitriles is 1. The Morgan fingerprint density at radius 2 is 1.97 bits per heavy atom. The van der Waals surface area contributed by atoms with Gasteiger partial charge in [0.2, 0.25) is 0 Å². The number of ether oxygens (including phenoxy) is 1. The molecule has 1 saturated carbocycles. The number of rotatable bonds is 4. The molecule has 8 nitrogen and oxygen atoms in total. The van der Waals surface area contributed by atoms with Crippen molar-refractivity contribution in [3.8, 4) is 34.8 Å². The number of hydrogen-bond donors (Lipinski definition) is 0. The van der Waals surface area contributed by atoms with Crippen LogP contribution in [0.2, 0.25) is 0 Å². The molecule has 0 radical (unpaired) electrons. The second kappa shape index (κ2) is 10.1. The van der Waals surface area contributed by atoms with Crippen LogP contribution in [0.25, 0.3) is 16.6 Å². The molecule has 3 aromatic rings. The summed E-state index contributed by atoms with van der Waals surface area (Å²) in [5, 5.41) is 13.8. The normalized spacial score (nSPS) is 16.1. The van der Waals surface area contributed by atoms with E-state index < -0.39 is 0 Å². The monoisotopic (exact) mass is 468 g/mol. The summed E-state index contributed by atoms with van der Waals surface area (Å²) in [5.41, 5.74) is 2.97. The molecule has 178 valence electrons. The van der Waals surface area contributed by atoms with Crippen LogP contribution in [0.5, 0.6) is 5.75 Å². The van der Waals surface area contributed by atoms with Gasteiger partial charge in [0.1, 0.15) is 17.6 Å². The quantitative estimate of drug-likeness (QED) is 0.545. The zero-order chi connectivity index (χ0) is 24.2. The number of carbonyl (C=O) groups is 1. The van der Waals surface area contributed by atoms with E-state index in [2.05, 4.69) is 27.9 Å². The lowest BCUT2D eigenvalue weighted by Gasteiger charge is -2.34. The maximum Gasteiger partial charge on any atom is 0.298 e. The van der Waals surface area contributed by atoms with E-state index in [-0.39, 0.29) is 5.91 Å². The number of nitrogens with zero attached hydrogens (tertiary/aromatic N) is 6. The van der Waals surface area contributed by atoms with Crippen LogP contribution in [0.3, 0.4) is 0 Å². The lowest BCUT2D eigenvalue weighted by Crippen LogP contribution is -2.48. The Hall–Kier alpha value is -4.04. The lowest BCUT2D eigenvalue weighted by molar-refractivity contribution is -0.125. The first kappa shape index (κ1) is 22.7. The number of amides is 1. The van der Waals surface area contributed by atoms with Crippen LogP contribution < -0.4 is 9.64 Å². The summed E-state index contributed by atoms with van der Waals surface area (Å²) in [7, 11) is 0. The van der Waals surface area contributed by atoms with Gasteiger partial charge in [-0.05, 0) is 43.9 Å². The third-order valence-corrected chi connectivity index (χ3v) is 6.71. The maximum atomic E-state index is 12.5. The van der Waals surface area contributed by atoms with Gasteiger partial charge in [0.05, 0.1) is 30.1 Å². The van der Waals surface area contributed by atoms with Gasteiger partial charge < -0.3 is 14.5 Å². The minimum absolute atomic E-state index is 0.0628. The zero-order valence-electron chi connectivity index (χ0n) is 19.9. The molecule has 0 spiro atoms. The number of anilines is 1. The number of hydrogen-bond acceptors (Lipinski definition) is 6. The van der Waals surface area contributed by atoms with Crippen LogP contribution in [0, 0.1) is 29.1 Å². The van der Waals surface area contributed by atoms with Crippen molar-refractivity contribution in [2.75, 3.05) is 37.7 Å². The third-order valence-electron chi connectivity index (χ3n) is 6.71. The smallest absolute Gasteiger partial charge is 0.298 e. The van der Waals surface area contributed by atoms with E-state index in [1.54, 1.807) is 16.9 Å². The Labute approximate surface area is 205 Å². The molecule has 3 aromatic heterocycles. The van der Waals surface area contributed by atoms with Gasteiger partial charge in [0.25, 0.3) is 5.91 Å². The molecule has 1 aliphatic heterocycles. The number of carbonyl (C=O) groups excluding carboxylic acids is 1. The summed E-state index contributed by atoms with van der Waals surface area (Å²) >= 11 is 0. The van der Waals surface area contributed by atoms with Crippen LogP contribution in [-0.2, 0) is 4.79 Å². The largest absolute Gasteiger partial charge is 0.492 e. The molecule has 2 fully saturated rings. The van der Waals surface area contributed by atoms with Gasteiger partial charge >= 0.3 is 0 Å². The van der Waals surface area contributed by atoms with Crippen molar-refractivity contribution in [1.82, 2.24) is 19.5 Å². The van der Waals surface area contributed by atoms with Gasteiger partial charge in [-0.1, -0.05) is 18.8 Å². The number of aromatic nitrogens is 3. The Kier molecular flexibility index (Phi) is 6.54. The summed E-state index contributed by atoms with van der Waals surface area (Å²) in [6.07, 6.45) is 9.86. The standard InChI is InChI=1S/C27H28N6O2/c1-2-35-23-15-24(27-22(16-28)18-30-33(27)19-23)21-8-9-25(29-17-21)31-11-13-32(14-12-31)26(34)10-7-20-5-3-4-6-20/h8-9,15,17-20H,2-6,11-14H2,1H3. The predicted octanol–water partition coefficient (Wildman–Crippen LogP) is 3.51. The van der Waals surface area contributed by atoms with Gasteiger partial charge in [0.15, 0.2) is 0 Å². The Balaban J connectivity index is 1.29. The highest BCUT2D eigenvalue weighted by Crippen LogP contribution is 2.31. The van der Waals surface area contributed by atoms with Gasteiger partial charge in [0, 0.05) is 49.4 Å². The number of piperazine rings is 1. The summed E-state index contributed by atoms with van der Waals surface area (Å²) in [6.45, 7) is 5.18. The fraction of sp³-hybridized carbons (Fsp3) is 0.407. The van der Waals surface area contributed by atoms with E-state index in [0.29, 0.717) is 50.0 Å². The van der Waals surface area contributed by atoms with Crippen LogP contribution in [0.1, 0.15) is 38.2 Å². The Morgan fingerprint density at radius 1 is 1.17 bits per heavy atom. The first-order chi connectivity index (χ1) is 17.2. The third kappa shape index (κ3) is 4.79. The number of fused-ring (bicyclic) bond motifs is 1. The van der Waals surface area contributed by atoms with Crippen LogP contribution in [0.4, 0.5) is 5.82 Å². The van der Waals surface area contributed by atoms with E-state index in [4.69, 9.17) is 9.72 Å². The molecule has 1 aliphatic carbocycles. The molecule has 5 rings (SSSR count). The molecule has 35 heavy (non-hydrogen) atoms. The topological polar surface area (TPSA) is 86.8 Å². The zero-order valence-corrected chi connectivity index (χ0v) is 19.9. The maximum absolute atomic E-state index is 12.5. The fourth-order valence-corrected chi connectivity index (χ4v) is 4.83. The van der Waals surface area contributed by atoms with Gasteiger partial charge in [-0.25, -0.2) is 9.50 Å². The van der Waals surface area contributed by atoms with Gasteiger partial charge in [-0.2, -0.15) is 10.4 Å². The summed E-state index contributed by atoms with van der Waals surface area (Å²) in [4.78, 5) is 21.2. The molecule has 4 heterocycles. The van der Waals surface area contributed by atoms with Crippen molar-refractivity contribution in [2.24, 2.45) is 5.92 Å². The molecule has 8 heteroatoms. The molecular formula is C27H28N6O2. The van der Waals surface area contributed by atoms with E-state index in [0.717, 1.165) is 35.3 Å². The second-order valence-electron chi connectivity index (χ2n) is 8.92. The highest BCUT2D eigenvalue weighted by atomic mass is 16.5. The molecule has 0 bridgehead atoms. The molecule has 0 N–H and O–H groups in total. The van der Waals surface area contributed by atoms with Crippen molar-refractivity contribution in [2.45, 2.75) is 32.6 Å². The summed E-state index contributed by atoms with van der Waals surface area (Å²) in [5.74, 6) is 7.92. The predicted molar refractivity (Wildman–Crippen MR) is 133 cm³/mol. The fourth-order valence-electron chi connectivity index (χ4n) is 4.83. The first-order valence-electron chi connectivity index (χ1n) is 12.2. The highest BCUT2D eigenvalue weighted by molar-refractivity contribution is 5.93. The Bertz CT molecular complexity index is 1310. The second-order valence-corrected chi connectivity index (χ2v) is 8.92. The van der Waals surface area contributed by atoms with Crippen molar-refractivity contribution in [3.05, 3.63) is 42.4 Å². The van der Waals surface area contributed by atoms with Crippen molar-refractivity contribution >= 4 is 17.2 Å². The van der Waals surface area contributed by atoms with Crippen molar-refractivity contribution in [1.29, 1.82) is 5.26 Å². The minimum atomic E-state index is -0.0628. The van der Waals surface area contributed by atoms with E-state index in [1.165, 1.54) is 12.8 Å².